The minimum absolute atomic E-state index is 0.116. The SMILES string of the molecule is COCc1nc(C(=O)Nc2cnn(Cc3ccc(C(C)=O)o3)n2)c(-c2ccccc2)o1. The summed E-state index contributed by atoms with van der Waals surface area (Å²) in [7, 11) is 1.52. The van der Waals surface area contributed by atoms with Crippen LogP contribution in [0, 0.1) is 0 Å². The van der Waals surface area contributed by atoms with Gasteiger partial charge in [0.15, 0.2) is 28.8 Å². The van der Waals surface area contributed by atoms with Crippen molar-refractivity contribution in [3.05, 3.63) is 71.8 Å². The normalized spacial score (nSPS) is 10.9. The van der Waals surface area contributed by atoms with E-state index in [4.69, 9.17) is 13.6 Å². The summed E-state index contributed by atoms with van der Waals surface area (Å²) in [5, 5.41) is 11.0. The zero-order chi connectivity index (χ0) is 21.8. The highest BCUT2D eigenvalue weighted by Gasteiger charge is 2.22. The summed E-state index contributed by atoms with van der Waals surface area (Å²) < 4.78 is 16.2. The van der Waals surface area contributed by atoms with E-state index in [1.807, 2.05) is 30.3 Å². The maximum Gasteiger partial charge on any atom is 0.279 e. The van der Waals surface area contributed by atoms with Crippen molar-refractivity contribution in [2.24, 2.45) is 0 Å². The number of hydrogen-bond acceptors (Lipinski definition) is 8. The molecule has 3 heterocycles. The first-order chi connectivity index (χ1) is 15.0. The van der Waals surface area contributed by atoms with Crippen molar-refractivity contribution in [1.29, 1.82) is 0 Å². The van der Waals surface area contributed by atoms with Crippen LogP contribution in [0.25, 0.3) is 11.3 Å². The number of methoxy groups -OCH3 is 1. The molecule has 0 bridgehead atoms. The number of hydrogen-bond donors (Lipinski definition) is 1. The van der Waals surface area contributed by atoms with E-state index in [0.717, 1.165) is 0 Å². The van der Waals surface area contributed by atoms with Crippen LogP contribution in [0.1, 0.15) is 39.6 Å². The highest BCUT2D eigenvalue weighted by molar-refractivity contribution is 6.05. The molecule has 0 saturated carbocycles. The molecule has 4 rings (SSSR count). The molecule has 0 atom stereocenters. The highest BCUT2D eigenvalue weighted by Crippen LogP contribution is 2.26. The standard InChI is InChI=1S/C21H19N5O5/c1-13(27)16-9-8-15(30-16)11-26-22-10-17(25-26)23-21(28)19-20(14-6-4-3-5-7-14)31-18(24-19)12-29-2/h3-10H,11-12H2,1-2H3,(H,23,25,28). The van der Waals surface area contributed by atoms with Gasteiger partial charge in [0.05, 0.1) is 6.20 Å². The van der Waals surface area contributed by atoms with Crippen molar-refractivity contribution >= 4 is 17.5 Å². The number of carbonyl (C=O) groups is 2. The summed E-state index contributed by atoms with van der Waals surface area (Å²) in [6, 6.07) is 12.5. The summed E-state index contributed by atoms with van der Waals surface area (Å²) in [5.41, 5.74) is 0.829. The second-order valence-corrected chi connectivity index (χ2v) is 6.62. The van der Waals surface area contributed by atoms with Crippen LogP contribution in [0.5, 0.6) is 0 Å². The van der Waals surface area contributed by atoms with Crippen LogP contribution in [0.2, 0.25) is 0 Å². The molecule has 0 aliphatic carbocycles. The van der Waals surface area contributed by atoms with Crippen LogP contribution in [0.15, 0.2) is 57.5 Å². The fraction of sp³-hybridized carbons (Fsp3) is 0.190. The first-order valence-electron chi connectivity index (χ1n) is 9.38. The molecule has 0 saturated heterocycles. The minimum atomic E-state index is -0.492. The van der Waals surface area contributed by atoms with Crippen molar-refractivity contribution in [3.63, 3.8) is 0 Å². The number of anilines is 1. The number of rotatable bonds is 8. The third-order valence-corrected chi connectivity index (χ3v) is 4.27. The molecule has 1 N–H and O–H groups in total. The van der Waals surface area contributed by atoms with Crippen LogP contribution in [0.4, 0.5) is 5.82 Å². The Morgan fingerprint density at radius 1 is 1.13 bits per heavy atom. The molecule has 4 aromatic rings. The Bertz CT molecular complexity index is 1210. The van der Waals surface area contributed by atoms with E-state index < -0.39 is 5.91 Å². The zero-order valence-electron chi connectivity index (χ0n) is 16.9. The number of nitrogens with one attached hydrogen (secondary N) is 1. The Morgan fingerprint density at radius 3 is 2.65 bits per heavy atom. The van der Waals surface area contributed by atoms with E-state index in [1.54, 1.807) is 12.1 Å². The molecule has 0 spiro atoms. The van der Waals surface area contributed by atoms with Crippen LogP contribution in [0.3, 0.4) is 0 Å². The second kappa shape index (κ2) is 8.76. The lowest BCUT2D eigenvalue weighted by molar-refractivity contribution is 0.0983. The van der Waals surface area contributed by atoms with Gasteiger partial charge in [-0.3, -0.25) is 9.59 Å². The average Bonchev–Trinajstić information content (AvgIpc) is 3.49. The second-order valence-electron chi connectivity index (χ2n) is 6.62. The molecule has 0 aliphatic rings. The Morgan fingerprint density at radius 2 is 1.94 bits per heavy atom. The minimum Gasteiger partial charge on any atom is -0.456 e. The number of ketones is 1. The Hall–Kier alpha value is -4.05. The largest absolute Gasteiger partial charge is 0.456 e. The van der Waals surface area contributed by atoms with Gasteiger partial charge >= 0.3 is 0 Å². The maximum absolute atomic E-state index is 12.9. The Labute approximate surface area is 176 Å². The van der Waals surface area contributed by atoms with Crippen LogP contribution < -0.4 is 5.32 Å². The zero-order valence-corrected chi connectivity index (χ0v) is 16.9. The lowest BCUT2D eigenvalue weighted by Crippen LogP contribution is -2.14. The topological polar surface area (TPSA) is 125 Å². The lowest BCUT2D eigenvalue weighted by atomic mass is 10.1. The molecule has 0 aliphatic heterocycles. The van der Waals surface area contributed by atoms with Gasteiger partial charge in [0, 0.05) is 19.6 Å². The van der Waals surface area contributed by atoms with Gasteiger partial charge in [0.25, 0.3) is 5.91 Å². The molecule has 0 fully saturated rings. The average molecular weight is 421 g/mol. The van der Waals surface area contributed by atoms with E-state index in [2.05, 4.69) is 20.5 Å². The van der Waals surface area contributed by atoms with Crippen molar-refractivity contribution in [2.75, 3.05) is 12.4 Å². The van der Waals surface area contributed by atoms with Crippen LogP contribution >= 0.6 is 0 Å². The number of nitrogens with zero attached hydrogens (tertiary/aromatic N) is 4. The van der Waals surface area contributed by atoms with Gasteiger partial charge in [0.1, 0.15) is 18.9 Å². The smallest absolute Gasteiger partial charge is 0.279 e. The van der Waals surface area contributed by atoms with Crippen molar-refractivity contribution in [2.45, 2.75) is 20.1 Å². The number of Topliss-reactive ketones (excluding diaryl/α,β-unsaturated/α-hetero) is 1. The number of aromatic nitrogens is 4. The molecule has 158 valence electrons. The third-order valence-electron chi connectivity index (χ3n) is 4.27. The van der Waals surface area contributed by atoms with E-state index in [0.29, 0.717) is 17.1 Å². The highest BCUT2D eigenvalue weighted by atomic mass is 16.5. The fourth-order valence-corrected chi connectivity index (χ4v) is 2.89. The van der Waals surface area contributed by atoms with Crippen molar-refractivity contribution in [3.8, 4) is 11.3 Å². The molecule has 31 heavy (non-hydrogen) atoms. The van der Waals surface area contributed by atoms with Gasteiger partial charge in [-0.1, -0.05) is 30.3 Å². The predicted octanol–water partition coefficient (Wildman–Crippen LogP) is 3.18. The Kier molecular flexibility index (Phi) is 5.72. The van der Waals surface area contributed by atoms with Gasteiger partial charge < -0.3 is 18.9 Å². The number of amides is 1. The summed E-state index contributed by atoms with van der Waals surface area (Å²) in [4.78, 5) is 29.8. The molecular formula is C21H19N5O5. The van der Waals surface area contributed by atoms with Gasteiger partial charge in [-0.05, 0) is 12.1 Å². The van der Waals surface area contributed by atoms with Crippen molar-refractivity contribution in [1.82, 2.24) is 20.0 Å². The molecule has 0 unspecified atom stereocenters. The number of oxazole rings is 1. The number of benzene rings is 1. The molecule has 10 heteroatoms. The van der Waals surface area contributed by atoms with E-state index >= 15 is 0 Å². The van der Waals surface area contributed by atoms with E-state index in [-0.39, 0.29) is 42.1 Å². The quantitative estimate of drug-likeness (QED) is 0.430. The monoisotopic (exact) mass is 421 g/mol. The third kappa shape index (κ3) is 4.59. The fourth-order valence-electron chi connectivity index (χ4n) is 2.89. The number of furan rings is 1. The van der Waals surface area contributed by atoms with E-state index in [9.17, 15) is 9.59 Å². The van der Waals surface area contributed by atoms with Gasteiger partial charge in [-0.25, -0.2) is 4.98 Å². The van der Waals surface area contributed by atoms with Crippen molar-refractivity contribution < 1.29 is 23.2 Å². The Balaban J connectivity index is 1.51. The molecule has 3 aromatic heterocycles. The first-order valence-corrected chi connectivity index (χ1v) is 9.38. The maximum atomic E-state index is 12.9. The summed E-state index contributed by atoms with van der Waals surface area (Å²) in [6.45, 7) is 1.77. The van der Waals surface area contributed by atoms with Crippen LogP contribution in [-0.2, 0) is 17.9 Å². The van der Waals surface area contributed by atoms with Gasteiger partial charge in [-0.15, -0.1) is 5.10 Å². The number of carbonyl (C=O) groups excluding carboxylic acids is 2. The van der Waals surface area contributed by atoms with Crippen LogP contribution in [-0.4, -0.2) is 38.8 Å². The summed E-state index contributed by atoms with van der Waals surface area (Å²) >= 11 is 0. The van der Waals surface area contributed by atoms with Gasteiger partial charge in [0.2, 0.25) is 5.89 Å². The number of ether oxygens (including phenoxy) is 1. The van der Waals surface area contributed by atoms with Gasteiger partial charge in [-0.2, -0.15) is 9.90 Å². The first kappa shape index (κ1) is 20.2. The molecule has 1 aromatic carbocycles. The molecule has 0 radical (unpaired) electrons. The predicted molar refractivity (Wildman–Crippen MR) is 108 cm³/mol. The molecule has 10 nitrogen and oxygen atoms in total. The summed E-state index contributed by atoms with van der Waals surface area (Å²) in [6.07, 6.45) is 1.41. The molecular weight excluding hydrogens is 402 g/mol. The summed E-state index contributed by atoms with van der Waals surface area (Å²) in [5.74, 6) is 0.988. The molecule has 1 amide bonds. The van der Waals surface area contributed by atoms with E-state index in [1.165, 1.54) is 25.0 Å². The lowest BCUT2D eigenvalue weighted by Gasteiger charge is -2.01.